The molecule has 72 heavy (non-hydrogen) atoms. The van der Waals surface area contributed by atoms with Crippen LogP contribution in [-0.4, -0.2) is 6.71 Å². The Morgan fingerprint density at radius 1 is 0.514 bits per heavy atom. The summed E-state index contributed by atoms with van der Waals surface area (Å²) in [5.74, 6) is 0.405. The summed E-state index contributed by atoms with van der Waals surface area (Å²) in [6.07, 6.45) is 0. The van der Waals surface area contributed by atoms with Gasteiger partial charge in [-0.25, -0.2) is 0 Å². The van der Waals surface area contributed by atoms with Crippen LogP contribution < -0.4 is 25.5 Å². The van der Waals surface area contributed by atoms with E-state index in [2.05, 4.69) is 248 Å². The smallest absolute Gasteiger partial charge is 0.264 e. The molecule has 9 aromatic carbocycles. The second kappa shape index (κ2) is 15.3. The molecule has 14 rings (SSSR count). The number of benzene rings is 9. The van der Waals surface area contributed by atoms with E-state index in [0.717, 1.165) is 0 Å². The van der Waals surface area contributed by atoms with E-state index in [1.54, 1.807) is 0 Å². The fourth-order valence-corrected chi connectivity index (χ4v) is 14.7. The number of hydrogen-bond donors (Lipinski definition) is 0. The van der Waals surface area contributed by atoms with Crippen molar-refractivity contribution >= 4 is 78.0 Å². The first-order chi connectivity index (χ1) is 34.8. The van der Waals surface area contributed by atoms with Crippen molar-refractivity contribution in [1.29, 1.82) is 0 Å². The fourth-order valence-electron chi connectivity index (χ4n) is 13.4. The minimum absolute atomic E-state index is 0.00873. The summed E-state index contributed by atoms with van der Waals surface area (Å²) in [6.45, 7) is 20.6. The molecule has 0 unspecified atom stereocenters. The third kappa shape index (κ3) is 5.90. The van der Waals surface area contributed by atoms with E-state index >= 15 is 0 Å². The zero-order chi connectivity index (χ0) is 49.1. The summed E-state index contributed by atoms with van der Waals surface area (Å²) >= 11 is 2.01. The number of anilines is 6. The van der Waals surface area contributed by atoms with Crippen LogP contribution in [0.5, 0.6) is 0 Å². The van der Waals surface area contributed by atoms with Gasteiger partial charge in [-0.1, -0.05) is 162 Å². The molecule has 0 bridgehead atoms. The maximum absolute atomic E-state index is 2.65. The van der Waals surface area contributed by atoms with E-state index in [-0.39, 0.29) is 12.1 Å². The number of nitrogens with zero attached hydrogens (tertiary/aromatic N) is 2. The first-order valence-corrected chi connectivity index (χ1v) is 26.7. The molecule has 1 spiro atoms. The van der Waals surface area contributed by atoms with E-state index < -0.39 is 5.41 Å². The van der Waals surface area contributed by atoms with Crippen LogP contribution >= 0.6 is 11.3 Å². The Morgan fingerprint density at radius 2 is 1.12 bits per heavy atom. The van der Waals surface area contributed by atoms with Crippen LogP contribution in [0.15, 0.2) is 176 Å². The molecule has 0 atom stereocenters. The van der Waals surface area contributed by atoms with E-state index in [1.807, 2.05) is 11.3 Å². The van der Waals surface area contributed by atoms with Gasteiger partial charge in [0.25, 0.3) is 6.71 Å². The lowest BCUT2D eigenvalue weighted by Gasteiger charge is -2.43. The predicted molar refractivity (Wildman–Crippen MR) is 309 cm³/mol. The summed E-state index contributed by atoms with van der Waals surface area (Å²) in [6, 6.07) is 68.7. The van der Waals surface area contributed by atoms with E-state index in [9.17, 15) is 0 Å². The third-order valence-corrected chi connectivity index (χ3v) is 18.0. The van der Waals surface area contributed by atoms with Crippen molar-refractivity contribution in [2.45, 2.75) is 79.1 Å². The quantitative estimate of drug-likeness (QED) is 0.162. The second-order valence-corrected chi connectivity index (χ2v) is 23.6. The zero-order valence-electron chi connectivity index (χ0n) is 42.7. The maximum Gasteiger partial charge on any atom is 0.264 e. The highest BCUT2D eigenvalue weighted by Gasteiger charge is 2.53. The largest absolute Gasteiger partial charge is 0.311 e. The molecule has 0 saturated heterocycles. The van der Waals surface area contributed by atoms with Gasteiger partial charge in [0, 0.05) is 43.3 Å². The van der Waals surface area contributed by atoms with Crippen molar-refractivity contribution in [3.8, 4) is 33.4 Å². The Hall–Kier alpha value is -7.40. The Bertz CT molecular complexity index is 3870. The molecule has 4 heteroatoms. The SMILES string of the molecule is Cc1ccc(N2c3cc(-c4c(C)cccc4C)ccc3B3c4sc5cc6c(cc5c4N(c4ccc(C(C)(C)C)cc4)c4cc(C)cc2c43)-c2ccc(C(C)C)cc2C62c3ccccc3-c3ccccc32)cc1. The highest BCUT2D eigenvalue weighted by atomic mass is 32.1. The summed E-state index contributed by atoms with van der Waals surface area (Å²) in [4.78, 5) is 5.22. The van der Waals surface area contributed by atoms with E-state index in [0.29, 0.717) is 5.92 Å². The summed E-state index contributed by atoms with van der Waals surface area (Å²) < 4.78 is 2.72. The molecule has 0 radical (unpaired) electrons. The highest BCUT2D eigenvalue weighted by Crippen LogP contribution is 2.64. The van der Waals surface area contributed by atoms with Crippen LogP contribution in [0.2, 0.25) is 0 Å². The monoisotopic (exact) mass is 944 g/mol. The van der Waals surface area contributed by atoms with Crippen molar-refractivity contribution in [3.05, 3.63) is 232 Å². The minimum atomic E-state index is -0.437. The van der Waals surface area contributed by atoms with E-state index in [4.69, 9.17) is 0 Å². The lowest BCUT2D eigenvalue weighted by molar-refractivity contribution is 0.590. The molecule has 0 amide bonds. The lowest BCUT2D eigenvalue weighted by Crippen LogP contribution is -2.60. The van der Waals surface area contributed by atoms with Gasteiger partial charge in [-0.05, 0) is 188 Å². The van der Waals surface area contributed by atoms with E-state index in [1.165, 1.54) is 149 Å². The van der Waals surface area contributed by atoms with Gasteiger partial charge in [-0.3, -0.25) is 0 Å². The van der Waals surface area contributed by atoms with Crippen molar-refractivity contribution in [1.82, 2.24) is 0 Å². The number of aryl methyl sites for hydroxylation is 4. The summed E-state index contributed by atoms with van der Waals surface area (Å²) in [5.41, 5.74) is 31.0. The molecule has 1 aromatic heterocycles. The standard InChI is InChI=1S/C68H57BN2S/c1-39(2)44-23-31-51-52-37-53-62(38-57(52)68(56(51)35-44)54-19-12-10-17-49(54)50-18-11-13-20-55(50)68)72-66-65(53)71(48-29-25-46(26-30-48)67(7,8)9)61-34-41(4)33-60-64(61)69(66)58-32-24-45(63-42(5)15-14-16-43(63)6)36-59(58)70(60)47-27-21-40(3)22-28-47/h10-39H,1-9H3. The average Bonchev–Trinajstić information content (AvgIpc) is 3.99. The first kappa shape index (κ1) is 43.4. The Kier molecular flexibility index (Phi) is 9.23. The summed E-state index contributed by atoms with van der Waals surface area (Å²) in [7, 11) is 0. The first-order valence-electron chi connectivity index (χ1n) is 25.9. The number of rotatable bonds is 4. The van der Waals surface area contributed by atoms with Gasteiger partial charge >= 0.3 is 0 Å². The molecular formula is C68H57BN2S. The van der Waals surface area contributed by atoms with Gasteiger partial charge in [-0.15, -0.1) is 11.3 Å². The third-order valence-electron chi connectivity index (χ3n) is 16.8. The normalized spacial score (nSPS) is 14.3. The molecule has 3 heterocycles. The second-order valence-electron chi connectivity index (χ2n) is 22.5. The fraction of sp³-hybridized carbons (Fsp3) is 0.176. The molecular weight excluding hydrogens is 888 g/mol. The van der Waals surface area contributed by atoms with Crippen LogP contribution in [0, 0.1) is 27.7 Å². The van der Waals surface area contributed by atoms with Crippen LogP contribution in [0.4, 0.5) is 34.1 Å². The lowest BCUT2D eigenvalue weighted by atomic mass is 9.36. The van der Waals surface area contributed by atoms with Crippen LogP contribution in [-0.2, 0) is 10.8 Å². The predicted octanol–water partition coefficient (Wildman–Crippen LogP) is 16.6. The molecule has 2 nitrogen and oxygen atoms in total. The van der Waals surface area contributed by atoms with Crippen molar-refractivity contribution in [3.63, 3.8) is 0 Å². The van der Waals surface area contributed by atoms with Crippen molar-refractivity contribution in [2.75, 3.05) is 9.80 Å². The van der Waals surface area contributed by atoms with Gasteiger partial charge in [-0.2, -0.15) is 0 Å². The Labute approximate surface area is 429 Å². The molecule has 10 aromatic rings. The van der Waals surface area contributed by atoms with Gasteiger partial charge < -0.3 is 9.80 Å². The van der Waals surface area contributed by atoms with Gasteiger partial charge in [0.05, 0.1) is 11.1 Å². The maximum atomic E-state index is 2.65. The molecule has 0 saturated carbocycles. The number of thiophene rings is 1. The molecule has 4 aliphatic rings. The average molecular weight is 945 g/mol. The molecule has 2 aliphatic heterocycles. The van der Waals surface area contributed by atoms with Gasteiger partial charge in [0.15, 0.2) is 0 Å². The molecule has 0 N–H and O–H groups in total. The summed E-state index contributed by atoms with van der Waals surface area (Å²) in [5, 5.41) is 1.31. The van der Waals surface area contributed by atoms with Gasteiger partial charge in [0.2, 0.25) is 0 Å². The zero-order valence-corrected chi connectivity index (χ0v) is 43.5. The van der Waals surface area contributed by atoms with Crippen LogP contribution in [0.1, 0.15) is 96.2 Å². The molecule has 0 fully saturated rings. The minimum Gasteiger partial charge on any atom is -0.311 e. The molecule has 2 aliphatic carbocycles. The Balaban J connectivity index is 1.10. The highest BCUT2D eigenvalue weighted by molar-refractivity contribution is 7.33. The molecule has 348 valence electrons. The van der Waals surface area contributed by atoms with Crippen LogP contribution in [0.3, 0.4) is 0 Å². The number of fused-ring (bicyclic) bond motifs is 16. The van der Waals surface area contributed by atoms with Crippen LogP contribution in [0.25, 0.3) is 43.5 Å². The van der Waals surface area contributed by atoms with Crippen molar-refractivity contribution < 1.29 is 0 Å². The topological polar surface area (TPSA) is 6.48 Å². The van der Waals surface area contributed by atoms with Crippen molar-refractivity contribution in [2.24, 2.45) is 0 Å². The Morgan fingerprint density at radius 3 is 1.79 bits per heavy atom. The number of hydrogen-bond acceptors (Lipinski definition) is 3. The van der Waals surface area contributed by atoms with Gasteiger partial charge in [0.1, 0.15) is 0 Å².